The Hall–Kier alpha value is -1.66. The summed E-state index contributed by atoms with van der Waals surface area (Å²) in [7, 11) is 0. The van der Waals surface area contributed by atoms with Crippen molar-refractivity contribution in [1.82, 2.24) is 14.8 Å². The fourth-order valence-corrected chi connectivity index (χ4v) is 1.99. The van der Waals surface area contributed by atoms with Crippen LogP contribution in [0.4, 0.5) is 10.5 Å². The van der Waals surface area contributed by atoms with Crippen LogP contribution in [0.3, 0.4) is 0 Å². The van der Waals surface area contributed by atoms with Gasteiger partial charge in [-0.05, 0) is 12.1 Å². The van der Waals surface area contributed by atoms with Gasteiger partial charge in [0.15, 0.2) is 0 Å². The summed E-state index contributed by atoms with van der Waals surface area (Å²) in [6.45, 7) is 4.85. The first-order valence-electron chi connectivity index (χ1n) is 6.18. The van der Waals surface area contributed by atoms with Crippen LogP contribution in [0.25, 0.3) is 0 Å². The maximum absolute atomic E-state index is 12.0. The van der Waals surface area contributed by atoms with Crippen LogP contribution < -0.4 is 11.1 Å². The van der Waals surface area contributed by atoms with Crippen LogP contribution in [0.15, 0.2) is 24.5 Å². The SMILES string of the molecule is NCCN1CCN(C(=O)Nc2ccncc2)CC1. The molecule has 0 spiro atoms. The lowest BCUT2D eigenvalue weighted by molar-refractivity contribution is 0.149. The molecule has 6 nitrogen and oxygen atoms in total. The van der Waals surface area contributed by atoms with Crippen molar-refractivity contribution >= 4 is 11.7 Å². The van der Waals surface area contributed by atoms with Crippen molar-refractivity contribution in [3.05, 3.63) is 24.5 Å². The van der Waals surface area contributed by atoms with Crippen LogP contribution >= 0.6 is 0 Å². The largest absolute Gasteiger partial charge is 0.329 e. The number of nitrogens with one attached hydrogen (secondary N) is 1. The third-order valence-electron chi connectivity index (χ3n) is 3.04. The number of hydrogen-bond donors (Lipinski definition) is 2. The minimum Gasteiger partial charge on any atom is -0.329 e. The van der Waals surface area contributed by atoms with Gasteiger partial charge in [0.1, 0.15) is 0 Å². The Bertz CT molecular complexity index is 375. The summed E-state index contributed by atoms with van der Waals surface area (Å²) in [5.74, 6) is 0. The van der Waals surface area contributed by atoms with E-state index in [1.807, 2.05) is 4.90 Å². The third-order valence-corrected chi connectivity index (χ3v) is 3.04. The van der Waals surface area contributed by atoms with E-state index >= 15 is 0 Å². The number of nitrogens with two attached hydrogens (primary N) is 1. The van der Waals surface area contributed by atoms with Crippen molar-refractivity contribution in [3.63, 3.8) is 0 Å². The molecule has 2 amide bonds. The normalized spacial score (nSPS) is 16.6. The molecule has 6 heteroatoms. The highest BCUT2D eigenvalue weighted by molar-refractivity contribution is 5.89. The highest BCUT2D eigenvalue weighted by Gasteiger charge is 2.20. The Labute approximate surface area is 107 Å². The number of rotatable bonds is 3. The van der Waals surface area contributed by atoms with E-state index in [0.29, 0.717) is 6.54 Å². The fraction of sp³-hybridized carbons (Fsp3) is 0.500. The van der Waals surface area contributed by atoms with Crippen molar-refractivity contribution < 1.29 is 4.79 Å². The number of nitrogens with zero attached hydrogens (tertiary/aromatic N) is 3. The molecule has 18 heavy (non-hydrogen) atoms. The molecule has 2 rings (SSSR count). The van der Waals surface area contributed by atoms with Crippen LogP contribution in [-0.2, 0) is 0 Å². The highest BCUT2D eigenvalue weighted by atomic mass is 16.2. The number of anilines is 1. The van der Waals surface area contributed by atoms with Crippen LogP contribution in [-0.4, -0.2) is 60.1 Å². The van der Waals surface area contributed by atoms with Crippen LogP contribution in [0.1, 0.15) is 0 Å². The third kappa shape index (κ3) is 3.41. The molecular formula is C12H19N5O. The summed E-state index contributed by atoms with van der Waals surface area (Å²) in [6.07, 6.45) is 3.32. The summed E-state index contributed by atoms with van der Waals surface area (Å²) in [5, 5.41) is 2.86. The second-order valence-electron chi connectivity index (χ2n) is 4.28. The van der Waals surface area contributed by atoms with E-state index in [1.165, 1.54) is 0 Å². The van der Waals surface area contributed by atoms with Gasteiger partial charge >= 0.3 is 6.03 Å². The smallest absolute Gasteiger partial charge is 0.321 e. The van der Waals surface area contributed by atoms with Crippen molar-refractivity contribution in [2.75, 3.05) is 44.6 Å². The summed E-state index contributed by atoms with van der Waals surface area (Å²) in [5.41, 5.74) is 6.29. The lowest BCUT2D eigenvalue weighted by Gasteiger charge is -2.34. The molecule has 2 heterocycles. The molecule has 0 radical (unpaired) electrons. The molecule has 1 aromatic heterocycles. The number of carbonyl (C=O) groups excluding carboxylic acids is 1. The van der Waals surface area contributed by atoms with Gasteiger partial charge in [0, 0.05) is 57.3 Å². The zero-order chi connectivity index (χ0) is 12.8. The van der Waals surface area contributed by atoms with Crippen molar-refractivity contribution in [2.24, 2.45) is 5.73 Å². The monoisotopic (exact) mass is 249 g/mol. The molecule has 1 aliphatic heterocycles. The van der Waals surface area contributed by atoms with Gasteiger partial charge in [-0.15, -0.1) is 0 Å². The van der Waals surface area contributed by atoms with E-state index in [0.717, 1.165) is 38.4 Å². The first kappa shape index (κ1) is 12.8. The topological polar surface area (TPSA) is 74.5 Å². The average molecular weight is 249 g/mol. The summed E-state index contributed by atoms with van der Waals surface area (Å²) in [6, 6.07) is 3.51. The van der Waals surface area contributed by atoms with E-state index < -0.39 is 0 Å². The van der Waals surface area contributed by atoms with Gasteiger partial charge in [-0.1, -0.05) is 0 Å². The number of carbonyl (C=O) groups is 1. The predicted molar refractivity (Wildman–Crippen MR) is 70.3 cm³/mol. The lowest BCUT2D eigenvalue weighted by atomic mass is 10.3. The molecule has 0 atom stereocenters. The molecule has 0 aliphatic carbocycles. The summed E-state index contributed by atoms with van der Waals surface area (Å²) >= 11 is 0. The second-order valence-corrected chi connectivity index (χ2v) is 4.28. The molecule has 0 aromatic carbocycles. The summed E-state index contributed by atoms with van der Waals surface area (Å²) < 4.78 is 0. The Morgan fingerprint density at radius 2 is 1.94 bits per heavy atom. The van der Waals surface area contributed by atoms with E-state index in [2.05, 4.69) is 15.2 Å². The van der Waals surface area contributed by atoms with Crippen molar-refractivity contribution in [2.45, 2.75) is 0 Å². The molecular weight excluding hydrogens is 230 g/mol. The Balaban J connectivity index is 1.81. The minimum atomic E-state index is -0.0476. The van der Waals surface area contributed by atoms with Crippen molar-refractivity contribution in [1.29, 1.82) is 0 Å². The maximum atomic E-state index is 12.0. The van der Waals surface area contributed by atoms with E-state index in [9.17, 15) is 4.79 Å². The quantitative estimate of drug-likeness (QED) is 0.802. The van der Waals surface area contributed by atoms with Gasteiger partial charge in [-0.3, -0.25) is 9.88 Å². The van der Waals surface area contributed by atoms with Gasteiger partial charge in [0.25, 0.3) is 0 Å². The first-order chi connectivity index (χ1) is 8.79. The second kappa shape index (κ2) is 6.32. The minimum absolute atomic E-state index is 0.0476. The standard InChI is InChI=1S/C12H19N5O/c13-3-6-16-7-9-17(10-8-16)12(18)15-11-1-4-14-5-2-11/h1-2,4-5H,3,6-10,13H2,(H,14,15,18). The molecule has 1 aromatic rings. The summed E-state index contributed by atoms with van der Waals surface area (Å²) in [4.78, 5) is 20.0. The average Bonchev–Trinajstić information content (AvgIpc) is 2.41. The van der Waals surface area contributed by atoms with E-state index in [1.54, 1.807) is 24.5 Å². The Morgan fingerprint density at radius 3 is 2.56 bits per heavy atom. The van der Waals surface area contributed by atoms with Crippen LogP contribution in [0.2, 0.25) is 0 Å². The lowest BCUT2D eigenvalue weighted by Crippen LogP contribution is -2.50. The Kier molecular flexibility index (Phi) is 4.49. The number of aromatic nitrogens is 1. The molecule has 3 N–H and O–H groups in total. The van der Waals surface area contributed by atoms with Crippen molar-refractivity contribution in [3.8, 4) is 0 Å². The number of piperazine rings is 1. The van der Waals surface area contributed by atoms with E-state index in [-0.39, 0.29) is 6.03 Å². The molecule has 0 unspecified atom stereocenters. The number of pyridine rings is 1. The number of hydrogen-bond acceptors (Lipinski definition) is 4. The predicted octanol–water partition coefficient (Wildman–Crippen LogP) is 0.190. The zero-order valence-corrected chi connectivity index (χ0v) is 10.4. The molecule has 1 aliphatic rings. The van der Waals surface area contributed by atoms with E-state index in [4.69, 9.17) is 5.73 Å². The zero-order valence-electron chi connectivity index (χ0n) is 10.4. The van der Waals surface area contributed by atoms with Crippen LogP contribution in [0, 0.1) is 0 Å². The number of urea groups is 1. The van der Waals surface area contributed by atoms with Crippen LogP contribution in [0.5, 0.6) is 0 Å². The molecule has 0 bridgehead atoms. The molecule has 1 saturated heterocycles. The van der Waals surface area contributed by atoms with Gasteiger partial charge in [-0.2, -0.15) is 0 Å². The number of amides is 2. The van der Waals surface area contributed by atoms with Gasteiger partial charge in [0.2, 0.25) is 0 Å². The molecule has 1 fully saturated rings. The molecule has 98 valence electrons. The molecule has 0 saturated carbocycles. The first-order valence-corrected chi connectivity index (χ1v) is 6.18. The highest BCUT2D eigenvalue weighted by Crippen LogP contribution is 2.07. The van der Waals surface area contributed by atoms with Gasteiger partial charge in [-0.25, -0.2) is 4.79 Å². The van der Waals surface area contributed by atoms with Gasteiger partial charge < -0.3 is 16.0 Å². The Morgan fingerprint density at radius 1 is 1.28 bits per heavy atom. The maximum Gasteiger partial charge on any atom is 0.321 e. The fourth-order valence-electron chi connectivity index (χ4n) is 1.99. The van der Waals surface area contributed by atoms with Gasteiger partial charge in [0.05, 0.1) is 0 Å².